The van der Waals surface area contributed by atoms with Crippen molar-refractivity contribution in [3.63, 3.8) is 0 Å². The first-order valence-electron chi connectivity index (χ1n) is 9.69. The van der Waals surface area contributed by atoms with Crippen LogP contribution < -0.4 is 5.32 Å². The largest absolute Gasteiger partial charge is 0.444 e. The maximum Gasteiger partial charge on any atom is 0.412 e. The number of hydrogen-bond acceptors (Lipinski definition) is 5. The second kappa shape index (κ2) is 8.18. The van der Waals surface area contributed by atoms with Gasteiger partial charge in [0.2, 0.25) is 0 Å². The van der Waals surface area contributed by atoms with Gasteiger partial charge in [-0.1, -0.05) is 0 Å². The third-order valence-electron chi connectivity index (χ3n) is 4.36. The average Bonchev–Trinajstić information content (AvgIpc) is 2.53. The van der Waals surface area contributed by atoms with Crippen LogP contribution in [0.2, 0.25) is 0 Å². The van der Waals surface area contributed by atoms with E-state index >= 15 is 0 Å². The van der Waals surface area contributed by atoms with Crippen molar-refractivity contribution in [3.8, 4) is 0 Å². The summed E-state index contributed by atoms with van der Waals surface area (Å²) in [5.41, 5.74) is -2.18. The third kappa shape index (κ3) is 6.59. The van der Waals surface area contributed by atoms with Crippen LogP contribution in [0.4, 0.5) is 19.7 Å². The SMILES string of the molecule is CC(C)(C)OC(=O)Nc1ccc(F)cc1C1(O)CCN(C(=O)OC(C)(C)C)CC1. The summed E-state index contributed by atoms with van der Waals surface area (Å²) in [6.45, 7) is 11.0. The first-order valence-corrected chi connectivity index (χ1v) is 9.69. The third-order valence-corrected chi connectivity index (χ3v) is 4.36. The summed E-state index contributed by atoms with van der Waals surface area (Å²) in [6, 6.07) is 3.80. The number of piperidine rings is 1. The molecule has 0 saturated carbocycles. The van der Waals surface area contributed by atoms with Gasteiger partial charge < -0.3 is 19.5 Å². The van der Waals surface area contributed by atoms with E-state index in [-0.39, 0.29) is 37.2 Å². The number of ether oxygens (including phenoxy) is 2. The molecule has 1 aromatic carbocycles. The number of carbonyl (C=O) groups is 2. The van der Waals surface area contributed by atoms with Gasteiger partial charge in [0, 0.05) is 18.7 Å². The molecule has 1 aliphatic rings. The molecule has 0 atom stereocenters. The quantitative estimate of drug-likeness (QED) is 0.755. The maximum absolute atomic E-state index is 13.9. The fraction of sp³-hybridized carbons (Fsp3) is 0.619. The van der Waals surface area contributed by atoms with E-state index in [9.17, 15) is 19.1 Å². The van der Waals surface area contributed by atoms with Crippen LogP contribution in [0.25, 0.3) is 0 Å². The summed E-state index contributed by atoms with van der Waals surface area (Å²) in [6.07, 6.45) is -0.789. The normalized spacial score (nSPS) is 16.9. The highest BCUT2D eigenvalue weighted by Crippen LogP contribution is 2.38. The van der Waals surface area contributed by atoms with Gasteiger partial charge in [0.25, 0.3) is 0 Å². The van der Waals surface area contributed by atoms with E-state index in [1.807, 2.05) is 0 Å². The number of halogens is 1. The Morgan fingerprint density at radius 3 is 2.14 bits per heavy atom. The number of likely N-dealkylation sites (tertiary alicyclic amines) is 1. The molecule has 162 valence electrons. The first-order chi connectivity index (χ1) is 13.2. The lowest BCUT2D eigenvalue weighted by atomic mass is 9.83. The van der Waals surface area contributed by atoms with E-state index in [0.717, 1.165) is 0 Å². The minimum absolute atomic E-state index is 0.179. The molecule has 2 amide bonds. The van der Waals surface area contributed by atoms with Gasteiger partial charge in [-0.05, 0) is 72.6 Å². The van der Waals surface area contributed by atoms with Crippen LogP contribution in [0.3, 0.4) is 0 Å². The van der Waals surface area contributed by atoms with Crippen LogP contribution in [-0.2, 0) is 15.1 Å². The molecule has 0 aliphatic carbocycles. The van der Waals surface area contributed by atoms with Gasteiger partial charge >= 0.3 is 12.2 Å². The van der Waals surface area contributed by atoms with Crippen molar-refractivity contribution in [2.75, 3.05) is 18.4 Å². The van der Waals surface area contributed by atoms with Crippen molar-refractivity contribution in [2.24, 2.45) is 0 Å². The molecule has 1 fully saturated rings. The van der Waals surface area contributed by atoms with Crippen LogP contribution >= 0.6 is 0 Å². The van der Waals surface area contributed by atoms with E-state index in [1.165, 1.54) is 23.1 Å². The number of amides is 2. The van der Waals surface area contributed by atoms with Gasteiger partial charge in [-0.25, -0.2) is 14.0 Å². The maximum atomic E-state index is 13.9. The van der Waals surface area contributed by atoms with Crippen LogP contribution in [-0.4, -0.2) is 46.5 Å². The number of anilines is 1. The number of hydrogen-bond donors (Lipinski definition) is 2. The number of rotatable bonds is 2. The monoisotopic (exact) mass is 410 g/mol. The molecule has 0 aromatic heterocycles. The Hall–Kier alpha value is -2.35. The molecule has 1 saturated heterocycles. The lowest BCUT2D eigenvalue weighted by Crippen LogP contribution is -2.47. The molecule has 1 aliphatic heterocycles. The highest BCUT2D eigenvalue weighted by atomic mass is 19.1. The fourth-order valence-electron chi connectivity index (χ4n) is 3.08. The van der Waals surface area contributed by atoms with Crippen molar-refractivity contribution in [3.05, 3.63) is 29.6 Å². The summed E-state index contributed by atoms with van der Waals surface area (Å²) in [5.74, 6) is -0.530. The van der Waals surface area contributed by atoms with Gasteiger partial charge in [-0.3, -0.25) is 5.32 Å². The predicted molar refractivity (Wildman–Crippen MR) is 107 cm³/mol. The number of carbonyl (C=O) groups excluding carboxylic acids is 2. The Morgan fingerprint density at radius 2 is 1.62 bits per heavy atom. The molecule has 0 unspecified atom stereocenters. The van der Waals surface area contributed by atoms with Crippen molar-refractivity contribution in [2.45, 2.75) is 71.2 Å². The summed E-state index contributed by atoms with van der Waals surface area (Å²) >= 11 is 0. The zero-order valence-electron chi connectivity index (χ0n) is 18.0. The predicted octanol–water partition coefficient (Wildman–Crippen LogP) is 4.39. The Kier molecular flexibility index (Phi) is 6.47. The number of nitrogens with zero attached hydrogens (tertiary/aromatic N) is 1. The molecule has 0 bridgehead atoms. The Balaban J connectivity index is 2.16. The molecular formula is C21H31FN2O5. The summed E-state index contributed by atoms with van der Waals surface area (Å²) in [7, 11) is 0. The van der Waals surface area contributed by atoms with E-state index in [4.69, 9.17) is 9.47 Å². The molecule has 1 aromatic rings. The van der Waals surface area contributed by atoms with Crippen molar-refractivity contribution in [1.82, 2.24) is 4.90 Å². The summed E-state index contributed by atoms with van der Waals surface area (Å²) in [5, 5.41) is 13.8. The first kappa shape index (κ1) is 22.9. The Labute approximate surface area is 171 Å². The van der Waals surface area contributed by atoms with E-state index in [1.54, 1.807) is 41.5 Å². The van der Waals surface area contributed by atoms with Crippen molar-refractivity contribution in [1.29, 1.82) is 0 Å². The molecular weight excluding hydrogens is 379 g/mol. The highest BCUT2D eigenvalue weighted by Gasteiger charge is 2.38. The standard InChI is InChI=1S/C21H31FN2O5/c1-19(2,3)28-17(25)23-16-8-7-14(22)13-15(16)21(27)9-11-24(12-10-21)18(26)29-20(4,5)6/h7-8,13,27H,9-12H2,1-6H3,(H,23,25). The van der Waals surface area contributed by atoms with Crippen LogP contribution in [0.15, 0.2) is 18.2 Å². The molecule has 0 spiro atoms. The topological polar surface area (TPSA) is 88.1 Å². The average molecular weight is 410 g/mol. The van der Waals surface area contributed by atoms with Gasteiger partial charge in [0.15, 0.2) is 0 Å². The minimum atomic E-state index is -1.40. The zero-order valence-corrected chi connectivity index (χ0v) is 18.0. The van der Waals surface area contributed by atoms with Crippen LogP contribution in [0, 0.1) is 5.82 Å². The van der Waals surface area contributed by atoms with Gasteiger partial charge in [-0.15, -0.1) is 0 Å². The van der Waals surface area contributed by atoms with Gasteiger partial charge in [0.05, 0.1) is 11.3 Å². The highest BCUT2D eigenvalue weighted by molar-refractivity contribution is 5.86. The molecule has 2 rings (SSSR count). The zero-order chi connectivity index (χ0) is 22.0. The van der Waals surface area contributed by atoms with Crippen molar-refractivity contribution < 1.29 is 28.6 Å². The van der Waals surface area contributed by atoms with E-state index in [2.05, 4.69) is 5.32 Å². The smallest absolute Gasteiger partial charge is 0.412 e. The van der Waals surface area contributed by atoms with Crippen molar-refractivity contribution >= 4 is 17.9 Å². The summed E-state index contributed by atoms with van der Waals surface area (Å²) < 4.78 is 24.5. The summed E-state index contributed by atoms with van der Waals surface area (Å²) in [4.78, 5) is 25.9. The molecule has 2 N–H and O–H groups in total. The van der Waals surface area contributed by atoms with Crippen LogP contribution in [0.5, 0.6) is 0 Å². The Bertz CT molecular complexity index is 759. The number of aliphatic hydroxyl groups is 1. The fourth-order valence-corrected chi connectivity index (χ4v) is 3.08. The lowest BCUT2D eigenvalue weighted by Gasteiger charge is -2.39. The van der Waals surface area contributed by atoms with E-state index < -0.39 is 34.8 Å². The van der Waals surface area contributed by atoms with Gasteiger partial charge in [0.1, 0.15) is 17.0 Å². The number of nitrogens with one attached hydrogen (secondary N) is 1. The molecule has 8 heteroatoms. The Morgan fingerprint density at radius 1 is 1.07 bits per heavy atom. The van der Waals surface area contributed by atoms with E-state index in [0.29, 0.717) is 0 Å². The molecule has 7 nitrogen and oxygen atoms in total. The molecule has 29 heavy (non-hydrogen) atoms. The molecule has 0 radical (unpaired) electrons. The second-order valence-corrected chi connectivity index (χ2v) is 9.32. The van der Waals surface area contributed by atoms with Crippen LogP contribution in [0.1, 0.15) is 59.9 Å². The number of benzene rings is 1. The molecule has 1 heterocycles. The second-order valence-electron chi connectivity index (χ2n) is 9.32. The van der Waals surface area contributed by atoms with Gasteiger partial charge in [-0.2, -0.15) is 0 Å². The minimum Gasteiger partial charge on any atom is -0.444 e. The lowest BCUT2D eigenvalue weighted by molar-refractivity contribution is -0.0353.